The van der Waals surface area contributed by atoms with Gasteiger partial charge in [0.05, 0.1) is 11.1 Å². The minimum Gasteiger partial charge on any atom is -0.377 e. The number of aryl methyl sites for hydroxylation is 2. The van der Waals surface area contributed by atoms with Gasteiger partial charge in [-0.1, -0.05) is 0 Å². The fourth-order valence-electron chi connectivity index (χ4n) is 2.17. The van der Waals surface area contributed by atoms with Gasteiger partial charge in [-0.15, -0.1) is 11.8 Å². The minimum atomic E-state index is 0.439. The van der Waals surface area contributed by atoms with Crippen LogP contribution in [0.1, 0.15) is 24.1 Å². The van der Waals surface area contributed by atoms with Crippen molar-refractivity contribution >= 4 is 11.8 Å². The van der Waals surface area contributed by atoms with Gasteiger partial charge in [-0.05, 0) is 44.4 Å². The maximum absolute atomic E-state index is 5.57. The Balaban J connectivity index is 1.62. The highest BCUT2D eigenvalue weighted by Gasteiger charge is 2.14. The molecule has 1 aromatic heterocycles. The van der Waals surface area contributed by atoms with Crippen LogP contribution in [0.25, 0.3) is 0 Å². The lowest BCUT2D eigenvalue weighted by atomic mass is 10.2. The van der Waals surface area contributed by atoms with Crippen LogP contribution in [0.5, 0.6) is 0 Å². The molecule has 1 aliphatic heterocycles. The van der Waals surface area contributed by atoms with E-state index in [9.17, 15) is 0 Å². The van der Waals surface area contributed by atoms with Gasteiger partial charge in [-0.3, -0.25) is 0 Å². The summed E-state index contributed by atoms with van der Waals surface area (Å²) in [5.74, 6) is 1.06. The number of nitrogens with one attached hydrogen (secondary N) is 1. The van der Waals surface area contributed by atoms with E-state index in [4.69, 9.17) is 4.74 Å². The molecule has 3 nitrogen and oxygen atoms in total. The summed E-state index contributed by atoms with van der Waals surface area (Å²) in [5.41, 5.74) is 2.39. The summed E-state index contributed by atoms with van der Waals surface area (Å²) in [6.45, 7) is 7.11. The van der Waals surface area contributed by atoms with E-state index in [1.165, 1.54) is 18.4 Å². The van der Waals surface area contributed by atoms with Crippen molar-refractivity contribution in [2.45, 2.75) is 37.8 Å². The third kappa shape index (κ3) is 4.59. The van der Waals surface area contributed by atoms with Crippen molar-refractivity contribution < 1.29 is 4.74 Å². The summed E-state index contributed by atoms with van der Waals surface area (Å²) in [6, 6.07) is 4.26. The van der Waals surface area contributed by atoms with Crippen molar-refractivity contribution in [1.29, 1.82) is 0 Å². The van der Waals surface area contributed by atoms with Crippen LogP contribution in [0, 0.1) is 13.8 Å². The molecule has 1 aromatic rings. The molecule has 1 atom stereocenters. The lowest BCUT2D eigenvalue weighted by molar-refractivity contribution is 0.110. The molecule has 0 spiro atoms. The summed E-state index contributed by atoms with van der Waals surface area (Å²) in [7, 11) is 0. The third-order valence-electron chi connectivity index (χ3n) is 3.00. The van der Waals surface area contributed by atoms with Gasteiger partial charge in [0.2, 0.25) is 0 Å². The molecule has 2 rings (SSSR count). The van der Waals surface area contributed by atoms with Crippen molar-refractivity contribution in [2.75, 3.05) is 25.4 Å². The minimum absolute atomic E-state index is 0.439. The maximum Gasteiger partial charge on any atom is 0.0966 e. The number of thioether (sulfide) groups is 1. The molecule has 1 unspecified atom stereocenters. The molecular formula is C14H22N2OS. The van der Waals surface area contributed by atoms with Crippen molar-refractivity contribution in [3.05, 3.63) is 23.4 Å². The number of hydrogen-bond donors (Lipinski definition) is 1. The lowest BCUT2D eigenvalue weighted by Gasteiger charge is -2.10. The van der Waals surface area contributed by atoms with Crippen LogP contribution < -0.4 is 5.32 Å². The first-order valence-electron chi connectivity index (χ1n) is 6.64. The molecule has 1 saturated heterocycles. The number of aromatic nitrogens is 1. The van der Waals surface area contributed by atoms with Gasteiger partial charge in [-0.25, -0.2) is 4.98 Å². The van der Waals surface area contributed by atoms with E-state index >= 15 is 0 Å². The molecule has 4 heteroatoms. The SMILES string of the molecule is Cc1cc(C)nc(SCCNCC2CCCO2)c1. The van der Waals surface area contributed by atoms with Crippen LogP contribution >= 0.6 is 11.8 Å². The first-order chi connectivity index (χ1) is 8.74. The Morgan fingerprint density at radius 3 is 3.06 bits per heavy atom. The van der Waals surface area contributed by atoms with Gasteiger partial charge < -0.3 is 10.1 Å². The van der Waals surface area contributed by atoms with Gasteiger partial charge in [0.15, 0.2) is 0 Å². The van der Waals surface area contributed by atoms with Crippen LogP contribution in [0.2, 0.25) is 0 Å². The van der Waals surface area contributed by atoms with Crippen molar-refractivity contribution in [3.63, 3.8) is 0 Å². The molecular weight excluding hydrogens is 244 g/mol. The van der Waals surface area contributed by atoms with E-state index in [0.29, 0.717) is 6.10 Å². The molecule has 0 amide bonds. The van der Waals surface area contributed by atoms with E-state index in [2.05, 4.69) is 29.4 Å². The third-order valence-corrected chi connectivity index (χ3v) is 3.91. The second kappa shape index (κ2) is 7.12. The summed E-state index contributed by atoms with van der Waals surface area (Å²) in [6.07, 6.45) is 2.86. The lowest BCUT2D eigenvalue weighted by Crippen LogP contribution is -2.27. The average Bonchev–Trinajstić information content (AvgIpc) is 2.80. The fraction of sp³-hybridized carbons (Fsp3) is 0.643. The Morgan fingerprint density at radius 1 is 1.44 bits per heavy atom. The highest BCUT2D eigenvalue weighted by molar-refractivity contribution is 7.99. The Hall–Kier alpha value is -0.580. The van der Waals surface area contributed by atoms with Crippen molar-refractivity contribution in [2.24, 2.45) is 0 Å². The van der Waals surface area contributed by atoms with Crippen molar-refractivity contribution in [3.8, 4) is 0 Å². The molecule has 2 heterocycles. The Labute approximate surface area is 114 Å². The second-order valence-corrected chi connectivity index (χ2v) is 5.93. The molecule has 0 aliphatic carbocycles. The molecule has 0 bridgehead atoms. The van der Waals surface area contributed by atoms with Crippen LogP contribution in [-0.4, -0.2) is 36.5 Å². The van der Waals surface area contributed by atoms with E-state index in [1.54, 1.807) is 0 Å². The van der Waals surface area contributed by atoms with Crippen LogP contribution in [0.3, 0.4) is 0 Å². The predicted molar refractivity (Wildman–Crippen MR) is 76.3 cm³/mol. The smallest absolute Gasteiger partial charge is 0.0966 e. The van der Waals surface area contributed by atoms with Gasteiger partial charge >= 0.3 is 0 Å². The zero-order valence-electron chi connectivity index (χ0n) is 11.2. The Bertz CT molecular complexity index is 358. The van der Waals surface area contributed by atoms with E-state index in [1.807, 2.05) is 18.7 Å². The zero-order chi connectivity index (χ0) is 12.8. The first kappa shape index (κ1) is 13.8. The Kier molecular flexibility index (Phi) is 5.47. The van der Waals surface area contributed by atoms with E-state index in [-0.39, 0.29) is 0 Å². The van der Waals surface area contributed by atoms with Gasteiger partial charge in [-0.2, -0.15) is 0 Å². The normalized spacial score (nSPS) is 19.3. The number of pyridine rings is 1. The summed E-state index contributed by atoms with van der Waals surface area (Å²) in [5, 5.41) is 4.58. The molecule has 0 radical (unpaired) electrons. The fourth-order valence-corrected chi connectivity index (χ4v) is 3.11. The largest absolute Gasteiger partial charge is 0.377 e. The Morgan fingerprint density at radius 2 is 2.33 bits per heavy atom. The van der Waals surface area contributed by atoms with Gasteiger partial charge in [0.25, 0.3) is 0 Å². The summed E-state index contributed by atoms with van der Waals surface area (Å²) in [4.78, 5) is 4.52. The quantitative estimate of drug-likeness (QED) is 0.634. The standard InChI is InChI=1S/C14H22N2OS/c1-11-8-12(2)16-14(9-11)18-7-5-15-10-13-4-3-6-17-13/h8-9,13,15H,3-7,10H2,1-2H3. The number of hydrogen-bond acceptors (Lipinski definition) is 4. The topological polar surface area (TPSA) is 34.2 Å². The summed E-state index contributed by atoms with van der Waals surface area (Å²) >= 11 is 1.82. The van der Waals surface area contributed by atoms with Crippen molar-refractivity contribution in [1.82, 2.24) is 10.3 Å². The molecule has 18 heavy (non-hydrogen) atoms. The predicted octanol–water partition coefficient (Wildman–Crippen LogP) is 2.56. The molecule has 1 N–H and O–H groups in total. The van der Waals surface area contributed by atoms with Crippen LogP contribution in [-0.2, 0) is 4.74 Å². The highest BCUT2D eigenvalue weighted by atomic mass is 32.2. The number of ether oxygens (including phenoxy) is 1. The molecule has 0 saturated carbocycles. The number of rotatable bonds is 6. The molecule has 0 aromatic carbocycles. The van der Waals surface area contributed by atoms with Crippen LogP contribution in [0.15, 0.2) is 17.2 Å². The van der Waals surface area contributed by atoms with E-state index in [0.717, 1.165) is 36.2 Å². The zero-order valence-corrected chi connectivity index (χ0v) is 12.1. The van der Waals surface area contributed by atoms with E-state index < -0.39 is 0 Å². The maximum atomic E-state index is 5.57. The molecule has 1 aliphatic rings. The van der Waals surface area contributed by atoms with Gasteiger partial charge in [0.1, 0.15) is 0 Å². The average molecular weight is 266 g/mol. The first-order valence-corrected chi connectivity index (χ1v) is 7.63. The van der Waals surface area contributed by atoms with Crippen LogP contribution in [0.4, 0.5) is 0 Å². The molecule has 1 fully saturated rings. The summed E-state index contributed by atoms with van der Waals surface area (Å²) < 4.78 is 5.57. The van der Waals surface area contributed by atoms with Gasteiger partial charge in [0, 0.05) is 31.1 Å². The number of nitrogens with zero attached hydrogens (tertiary/aromatic N) is 1. The highest BCUT2D eigenvalue weighted by Crippen LogP contribution is 2.17. The monoisotopic (exact) mass is 266 g/mol. The molecule has 100 valence electrons. The second-order valence-electron chi connectivity index (χ2n) is 4.81.